The number of guanidine groups is 2. The van der Waals surface area contributed by atoms with Crippen LogP contribution in [0.15, 0.2) is 35.3 Å². The van der Waals surface area contributed by atoms with E-state index in [-0.39, 0.29) is 0 Å². The van der Waals surface area contributed by atoms with Gasteiger partial charge in [0.05, 0.1) is 18.6 Å². The lowest BCUT2D eigenvalue weighted by atomic mass is 9.97. The molecule has 0 bridgehead atoms. The number of nitrogens with two attached hydrogens (primary N) is 1. The Morgan fingerprint density at radius 2 is 1.81 bits per heavy atom. The molecule has 234 valence electrons. The van der Waals surface area contributed by atoms with Crippen molar-refractivity contribution in [3.63, 3.8) is 0 Å². The first-order valence-electron chi connectivity index (χ1n) is 17.4. The molecular weight excluding hydrogens is 518 g/mol. The highest BCUT2D eigenvalue weighted by molar-refractivity contribution is 5.80. The Kier molecular flexibility index (Phi) is 11.1. The Bertz CT molecular complexity index is 1010. The maximum atomic E-state index is 9.42. The van der Waals surface area contributed by atoms with E-state index in [1.54, 1.807) is 0 Å². The molecule has 3 N–H and O–H groups in total. The minimum atomic E-state index is 0.349. The van der Waals surface area contributed by atoms with Crippen LogP contribution in [0.4, 0.5) is 0 Å². The fraction of sp³-hybridized carbons (Fsp3) is 0.771. The van der Waals surface area contributed by atoms with Crippen molar-refractivity contribution in [1.82, 2.24) is 19.6 Å². The fourth-order valence-electron chi connectivity index (χ4n) is 8.31. The second-order valence-corrected chi connectivity index (χ2v) is 13.8. The van der Waals surface area contributed by atoms with Gasteiger partial charge >= 0.3 is 0 Å². The molecule has 7 nitrogen and oxygen atoms in total. The second kappa shape index (κ2) is 14.9. The van der Waals surface area contributed by atoms with E-state index in [2.05, 4.69) is 75.7 Å². The number of benzene rings is 1. The number of hydrogen-bond acceptors (Lipinski definition) is 5. The Hall–Kier alpha value is -2.28. The van der Waals surface area contributed by atoms with Crippen LogP contribution in [0.25, 0.3) is 0 Å². The van der Waals surface area contributed by atoms with Crippen LogP contribution in [0.3, 0.4) is 0 Å². The largest absolute Gasteiger partial charge is 0.370 e. The maximum absolute atomic E-state index is 9.42. The first-order valence-corrected chi connectivity index (χ1v) is 17.4. The van der Waals surface area contributed by atoms with E-state index in [0.29, 0.717) is 30.1 Å². The molecule has 1 saturated carbocycles. The molecule has 0 radical (unpaired) electrons. The van der Waals surface area contributed by atoms with Crippen molar-refractivity contribution in [3.05, 3.63) is 35.9 Å². The zero-order valence-corrected chi connectivity index (χ0v) is 26.9. The van der Waals surface area contributed by atoms with Gasteiger partial charge in [0.1, 0.15) is 0 Å². The normalized spacial score (nSPS) is 26.9. The van der Waals surface area contributed by atoms with E-state index in [4.69, 9.17) is 5.73 Å². The number of nitrogens with zero attached hydrogens (tertiary/aromatic N) is 5. The summed E-state index contributed by atoms with van der Waals surface area (Å²) < 4.78 is 0. The lowest BCUT2D eigenvalue weighted by molar-refractivity contribution is 0.151. The van der Waals surface area contributed by atoms with Crippen LogP contribution in [0.2, 0.25) is 0 Å². The summed E-state index contributed by atoms with van der Waals surface area (Å²) in [5.41, 5.74) is 7.84. The van der Waals surface area contributed by atoms with Crippen molar-refractivity contribution in [2.45, 2.75) is 122 Å². The van der Waals surface area contributed by atoms with Crippen LogP contribution in [0.5, 0.6) is 0 Å². The Morgan fingerprint density at radius 3 is 2.55 bits per heavy atom. The van der Waals surface area contributed by atoms with Crippen LogP contribution >= 0.6 is 0 Å². The summed E-state index contributed by atoms with van der Waals surface area (Å²) in [5.74, 6) is 3.07. The minimum Gasteiger partial charge on any atom is -0.370 e. The van der Waals surface area contributed by atoms with Crippen LogP contribution in [0.1, 0.15) is 97.0 Å². The molecule has 5 rings (SSSR count). The van der Waals surface area contributed by atoms with Crippen LogP contribution in [-0.4, -0.2) is 95.0 Å². The van der Waals surface area contributed by atoms with E-state index < -0.39 is 0 Å². The van der Waals surface area contributed by atoms with E-state index in [0.717, 1.165) is 76.4 Å². The van der Waals surface area contributed by atoms with Gasteiger partial charge < -0.3 is 20.4 Å². The van der Waals surface area contributed by atoms with Gasteiger partial charge in [0.15, 0.2) is 11.9 Å². The van der Waals surface area contributed by atoms with E-state index in [9.17, 15) is 5.41 Å². The summed E-state index contributed by atoms with van der Waals surface area (Å²) in [6, 6.07) is 12.5. The van der Waals surface area contributed by atoms with Crippen molar-refractivity contribution in [3.8, 4) is 0 Å². The minimum absolute atomic E-state index is 0.349. The smallest absolute Gasteiger partial charge is 0.194 e. The molecule has 0 spiro atoms. The molecule has 1 aliphatic carbocycles. The summed E-state index contributed by atoms with van der Waals surface area (Å²) in [6.45, 7) is 13.1. The van der Waals surface area contributed by atoms with Gasteiger partial charge in [-0.1, -0.05) is 89.6 Å². The highest BCUT2D eigenvalue weighted by Gasteiger charge is 2.41. The van der Waals surface area contributed by atoms with Crippen molar-refractivity contribution >= 4 is 11.9 Å². The molecule has 3 heterocycles. The Morgan fingerprint density at radius 1 is 1.02 bits per heavy atom. The molecule has 0 unspecified atom stereocenters. The quantitative estimate of drug-likeness (QED) is 0.276. The third-order valence-corrected chi connectivity index (χ3v) is 11.0. The second-order valence-electron chi connectivity index (χ2n) is 13.8. The third kappa shape index (κ3) is 7.43. The number of aliphatic imine (C=N–C) groups is 1. The first kappa shape index (κ1) is 31.2. The van der Waals surface area contributed by atoms with Gasteiger partial charge in [-0.3, -0.25) is 15.3 Å². The zero-order chi connectivity index (χ0) is 29.5. The number of hydrogen-bond donors (Lipinski definition) is 2. The SMILES string of the molecule is CCC[C@@H](CN1CCC[C@H]1CN1C(N)=NC[C@@H]1Cc1ccccc1)N1C[C@@H]([C@H](C)CC)N(CCCC2CCCC2)C1=N. The van der Waals surface area contributed by atoms with Gasteiger partial charge in [0, 0.05) is 38.3 Å². The molecular formula is C35H59N7. The molecule has 2 saturated heterocycles. The number of likely N-dealkylation sites (tertiary alicyclic amines) is 1. The molecule has 3 aliphatic heterocycles. The van der Waals surface area contributed by atoms with E-state index in [1.807, 2.05) is 0 Å². The topological polar surface area (TPSA) is 75.2 Å². The molecule has 3 fully saturated rings. The average Bonchev–Trinajstić information content (AvgIpc) is 3.80. The standard InChI is InChI=1S/C35H59N7/c1-4-13-31(42-26-33(27(3)5-2)40(35(42)37)21-11-18-28-14-9-10-15-28)24-39-20-12-19-30(39)25-41-32(23-38-34(41)36)22-29-16-7-6-8-17-29/h6-8,16-17,27-28,30-33,37H,4-5,9-15,18-26H2,1-3H3,(H2,36,38)/t27-,30+,31+,32+,33+/m1/s1. The summed E-state index contributed by atoms with van der Waals surface area (Å²) in [6.07, 6.45) is 15.2. The highest BCUT2D eigenvalue weighted by Crippen LogP contribution is 2.32. The molecule has 5 atom stereocenters. The molecule has 7 heteroatoms. The maximum Gasteiger partial charge on any atom is 0.194 e. The van der Waals surface area contributed by atoms with Crippen molar-refractivity contribution < 1.29 is 0 Å². The monoisotopic (exact) mass is 577 g/mol. The van der Waals surface area contributed by atoms with E-state index >= 15 is 0 Å². The predicted molar refractivity (Wildman–Crippen MR) is 176 cm³/mol. The van der Waals surface area contributed by atoms with Gasteiger partial charge in [-0.15, -0.1) is 0 Å². The molecule has 0 amide bonds. The summed E-state index contributed by atoms with van der Waals surface area (Å²) in [4.78, 5) is 14.8. The average molecular weight is 578 g/mol. The van der Waals surface area contributed by atoms with Gasteiger partial charge in [-0.05, 0) is 62.5 Å². The summed E-state index contributed by atoms with van der Waals surface area (Å²) in [7, 11) is 0. The van der Waals surface area contributed by atoms with Gasteiger partial charge in [-0.25, -0.2) is 0 Å². The lowest BCUT2D eigenvalue weighted by Crippen LogP contribution is -2.52. The molecule has 1 aromatic rings. The highest BCUT2D eigenvalue weighted by atomic mass is 15.5. The number of rotatable bonds is 15. The molecule has 0 aromatic heterocycles. The van der Waals surface area contributed by atoms with Crippen LogP contribution < -0.4 is 5.73 Å². The summed E-state index contributed by atoms with van der Waals surface area (Å²) in [5, 5.41) is 9.42. The molecule has 4 aliphatic rings. The lowest BCUT2D eigenvalue weighted by Gasteiger charge is -2.37. The first-order chi connectivity index (χ1) is 20.5. The fourth-order valence-corrected chi connectivity index (χ4v) is 8.31. The van der Waals surface area contributed by atoms with Gasteiger partial charge in [0.2, 0.25) is 0 Å². The number of nitrogens with one attached hydrogen (secondary N) is 1. The zero-order valence-electron chi connectivity index (χ0n) is 26.9. The Labute approximate surface area is 256 Å². The van der Waals surface area contributed by atoms with Crippen molar-refractivity contribution in [2.75, 3.05) is 39.3 Å². The van der Waals surface area contributed by atoms with Gasteiger partial charge in [0.25, 0.3) is 0 Å². The molecule has 42 heavy (non-hydrogen) atoms. The van der Waals surface area contributed by atoms with E-state index in [1.165, 1.54) is 63.4 Å². The molecule has 1 aromatic carbocycles. The van der Waals surface area contributed by atoms with Crippen LogP contribution in [-0.2, 0) is 6.42 Å². The van der Waals surface area contributed by atoms with Crippen LogP contribution in [0, 0.1) is 17.2 Å². The Balaban J connectivity index is 1.22. The summed E-state index contributed by atoms with van der Waals surface area (Å²) >= 11 is 0. The van der Waals surface area contributed by atoms with Crippen molar-refractivity contribution in [1.29, 1.82) is 5.41 Å². The predicted octanol–water partition coefficient (Wildman–Crippen LogP) is 5.80. The van der Waals surface area contributed by atoms with Crippen molar-refractivity contribution in [2.24, 2.45) is 22.6 Å². The third-order valence-electron chi connectivity index (χ3n) is 11.0. The van der Waals surface area contributed by atoms with Gasteiger partial charge in [-0.2, -0.15) is 0 Å².